The molecule has 0 unspecified atom stereocenters. The Labute approximate surface area is 123 Å². The van der Waals surface area contributed by atoms with Gasteiger partial charge in [0.15, 0.2) is 9.84 Å². The number of aryl methyl sites for hydroxylation is 1. The van der Waals surface area contributed by atoms with Gasteiger partial charge in [0.1, 0.15) is 0 Å². The predicted molar refractivity (Wildman–Crippen MR) is 83.1 cm³/mol. The second kappa shape index (κ2) is 5.57. The third-order valence-corrected chi connectivity index (χ3v) is 4.12. The molecule has 0 heterocycles. The summed E-state index contributed by atoms with van der Waals surface area (Å²) in [4.78, 5) is 12.4. The lowest BCUT2D eigenvalue weighted by molar-refractivity contribution is 0.102. The van der Waals surface area contributed by atoms with Gasteiger partial charge in [-0.25, -0.2) is 8.42 Å². The number of nitrogen functional groups attached to an aromatic ring is 1. The summed E-state index contributed by atoms with van der Waals surface area (Å²) >= 11 is 0. The van der Waals surface area contributed by atoms with Crippen molar-refractivity contribution in [3.63, 3.8) is 0 Å². The number of carbonyl (C=O) groups is 1. The molecule has 6 heteroatoms. The number of hydrogen-bond donors (Lipinski definition) is 2. The first-order chi connectivity index (χ1) is 9.77. The van der Waals surface area contributed by atoms with Crippen LogP contribution in [0.5, 0.6) is 0 Å². The molecule has 0 aromatic heterocycles. The van der Waals surface area contributed by atoms with Crippen molar-refractivity contribution in [2.24, 2.45) is 0 Å². The molecular weight excluding hydrogens is 288 g/mol. The van der Waals surface area contributed by atoms with Crippen LogP contribution >= 0.6 is 0 Å². The molecule has 0 aliphatic carbocycles. The zero-order valence-electron chi connectivity index (χ0n) is 11.8. The van der Waals surface area contributed by atoms with Crippen LogP contribution in [0.3, 0.4) is 0 Å². The Balaban J connectivity index is 2.22. The van der Waals surface area contributed by atoms with Crippen molar-refractivity contribution in [1.29, 1.82) is 0 Å². The van der Waals surface area contributed by atoms with E-state index in [1.807, 2.05) is 13.0 Å². The quantitative estimate of drug-likeness (QED) is 0.851. The molecule has 0 atom stereocenters. The lowest BCUT2D eigenvalue weighted by atomic mass is 10.1. The lowest BCUT2D eigenvalue weighted by Crippen LogP contribution is -2.14. The van der Waals surface area contributed by atoms with E-state index in [-0.39, 0.29) is 10.8 Å². The van der Waals surface area contributed by atoms with E-state index in [0.717, 1.165) is 11.8 Å². The SMILES string of the molecule is Cc1ccc(N)c(C(=O)Nc2ccc(S(C)(=O)=O)cc2)c1. The largest absolute Gasteiger partial charge is 0.398 e. The zero-order valence-corrected chi connectivity index (χ0v) is 12.6. The van der Waals surface area contributed by atoms with Gasteiger partial charge in [-0.3, -0.25) is 4.79 Å². The monoisotopic (exact) mass is 304 g/mol. The van der Waals surface area contributed by atoms with E-state index in [9.17, 15) is 13.2 Å². The van der Waals surface area contributed by atoms with Gasteiger partial charge >= 0.3 is 0 Å². The molecule has 110 valence electrons. The van der Waals surface area contributed by atoms with Gasteiger partial charge in [0.25, 0.3) is 5.91 Å². The fraction of sp³-hybridized carbons (Fsp3) is 0.133. The van der Waals surface area contributed by atoms with E-state index in [0.29, 0.717) is 16.9 Å². The standard InChI is InChI=1S/C15H16N2O3S/c1-10-3-8-14(16)13(9-10)15(18)17-11-4-6-12(7-5-11)21(2,19)20/h3-9H,16H2,1-2H3,(H,17,18). The normalized spacial score (nSPS) is 11.1. The third-order valence-electron chi connectivity index (χ3n) is 2.99. The van der Waals surface area contributed by atoms with E-state index in [1.165, 1.54) is 12.1 Å². The van der Waals surface area contributed by atoms with Gasteiger partial charge in [0.2, 0.25) is 0 Å². The van der Waals surface area contributed by atoms with E-state index in [2.05, 4.69) is 5.32 Å². The number of benzene rings is 2. The van der Waals surface area contributed by atoms with Gasteiger partial charge < -0.3 is 11.1 Å². The number of carbonyl (C=O) groups excluding carboxylic acids is 1. The Hall–Kier alpha value is -2.34. The average molecular weight is 304 g/mol. The van der Waals surface area contributed by atoms with E-state index in [1.54, 1.807) is 24.3 Å². The minimum absolute atomic E-state index is 0.204. The maximum Gasteiger partial charge on any atom is 0.257 e. The lowest BCUT2D eigenvalue weighted by Gasteiger charge is -2.09. The highest BCUT2D eigenvalue weighted by atomic mass is 32.2. The predicted octanol–water partition coefficient (Wildman–Crippen LogP) is 2.23. The van der Waals surface area contributed by atoms with Crippen LogP contribution in [0.1, 0.15) is 15.9 Å². The molecule has 2 rings (SSSR count). The second-order valence-electron chi connectivity index (χ2n) is 4.84. The molecule has 0 radical (unpaired) electrons. The summed E-state index contributed by atoms with van der Waals surface area (Å²) in [6.07, 6.45) is 1.13. The van der Waals surface area contributed by atoms with E-state index >= 15 is 0 Å². The summed E-state index contributed by atoms with van der Waals surface area (Å²) in [6, 6.07) is 11.2. The highest BCUT2D eigenvalue weighted by Crippen LogP contribution is 2.18. The minimum atomic E-state index is -3.25. The van der Waals surface area contributed by atoms with Crippen LogP contribution < -0.4 is 11.1 Å². The van der Waals surface area contributed by atoms with Crippen molar-refractivity contribution in [2.75, 3.05) is 17.3 Å². The molecule has 0 bridgehead atoms. The summed E-state index contributed by atoms with van der Waals surface area (Å²) in [7, 11) is -3.25. The maximum absolute atomic E-state index is 12.2. The molecule has 0 aliphatic rings. The van der Waals surface area contributed by atoms with Crippen molar-refractivity contribution in [2.45, 2.75) is 11.8 Å². The van der Waals surface area contributed by atoms with Crippen molar-refractivity contribution in [3.05, 3.63) is 53.6 Å². The topological polar surface area (TPSA) is 89.3 Å². The fourth-order valence-electron chi connectivity index (χ4n) is 1.85. The number of rotatable bonds is 3. The van der Waals surface area contributed by atoms with Crippen molar-refractivity contribution >= 4 is 27.1 Å². The second-order valence-corrected chi connectivity index (χ2v) is 6.86. The number of nitrogens with one attached hydrogen (secondary N) is 1. The minimum Gasteiger partial charge on any atom is -0.398 e. The molecule has 3 N–H and O–H groups in total. The molecular formula is C15H16N2O3S. The Morgan fingerprint density at radius 2 is 1.71 bits per heavy atom. The molecule has 2 aromatic rings. The van der Waals surface area contributed by atoms with Crippen LogP contribution in [0.4, 0.5) is 11.4 Å². The summed E-state index contributed by atoms with van der Waals surface area (Å²) in [5.74, 6) is -0.330. The summed E-state index contributed by atoms with van der Waals surface area (Å²) < 4.78 is 22.7. The molecule has 0 saturated carbocycles. The first-order valence-corrected chi connectivity index (χ1v) is 8.14. The number of anilines is 2. The molecule has 0 saturated heterocycles. The summed E-state index contributed by atoms with van der Waals surface area (Å²) in [6.45, 7) is 1.87. The third kappa shape index (κ3) is 3.61. The van der Waals surface area contributed by atoms with E-state index in [4.69, 9.17) is 5.73 Å². The maximum atomic E-state index is 12.2. The van der Waals surface area contributed by atoms with Gasteiger partial charge in [-0.15, -0.1) is 0 Å². The molecule has 2 aromatic carbocycles. The molecule has 0 fully saturated rings. The van der Waals surface area contributed by atoms with Gasteiger partial charge in [-0.2, -0.15) is 0 Å². The highest BCUT2D eigenvalue weighted by Gasteiger charge is 2.11. The zero-order chi connectivity index (χ0) is 15.6. The molecule has 5 nitrogen and oxygen atoms in total. The Morgan fingerprint density at radius 1 is 1.10 bits per heavy atom. The van der Waals surface area contributed by atoms with Crippen molar-refractivity contribution in [3.8, 4) is 0 Å². The fourth-order valence-corrected chi connectivity index (χ4v) is 2.48. The van der Waals surface area contributed by atoms with E-state index < -0.39 is 9.84 Å². The van der Waals surface area contributed by atoms with Crippen LogP contribution in [0.15, 0.2) is 47.4 Å². The molecule has 0 aliphatic heterocycles. The molecule has 1 amide bonds. The van der Waals surface area contributed by atoms with Gasteiger partial charge in [-0.1, -0.05) is 11.6 Å². The summed E-state index contributed by atoms with van der Waals surface area (Å²) in [5, 5.41) is 2.69. The number of amides is 1. The smallest absolute Gasteiger partial charge is 0.257 e. The Kier molecular flexibility index (Phi) is 3.99. The van der Waals surface area contributed by atoms with Crippen LogP contribution in [-0.4, -0.2) is 20.6 Å². The summed E-state index contributed by atoms with van der Waals surface area (Å²) in [5.41, 5.74) is 8.01. The Morgan fingerprint density at radius 3 is 2.29 bits per heavy atom. The van der Waals surface area contributed by atoms with Crippen LogP contribution in [-0.2, 0) is 9.84 Å². The molecule has 21 heavy (non-hydrogen) atoms. The first kappa shape index (κ1) is 15.1. The first-order valence-electron chi connectivity index (χ1n) is 6.25. The van der Waals surface area contributed by atoms with Crippen LogP contribution in [0.25, 0.3) is 0 Å². The van der Waals surface area contributed by atoms with Crippen molar-refractivity contribution in [1.82, 2.24) is 0 Å². The Bertz CT molecular complexity index is 781. The van der Waals surface area contributed by atoms with Crippen LogP contribution in [0.2, 0.25) is 0 Å². The highest BCUT2D eigenvalue weighted by molar-refractivity contribution is 7.90. The van der Waals surface area contributed by atoms with Gasteiger partial charge in [0.05, 0.1) is 10.5 Å². The number of hydrogen-bond acceptors (Lipinski definition) is 4. The average Bonchev–Trinajstić information content (AvgIpc) is 2.41. The van der Waals surface area contributed by atoms with Gasteiger partial charge in [-0.05, 0) is 43.3 Å². The van der Waals surface area contributed by atoms with Crippen molar-refractivity contribution < 1.29 is 13.2 Å². The number of sulfone groups is 1. The van der Waals surface area contributed by atoms with Crippen LogP contribution in [0, 0.1) is 6.92 Å². The number of nitrogens with two attached hydrogens (primary N) is 1. The molecule has 0 spiro atoms. The van der Waals surface area contributed by atoms with Gasteiger partial charge in [0, 0.05) is 17.6 Å².